The van der Waals surface area contributed by atoms with E-state index in [4.69, 9.17) is 4.74 Å². The number of hydrogen-bond donors (Lipinski definition) is 1. The summed E-state index contributed by atoms with van der Waals surface area (Å²) in [7, 11) is 1.33. The van der Waals surface area contributed by atoms with E-state index in [0.29, 0.717) is 0 Å². The number of likely N-dealkylation sites (N-methyl/N-ethyl adjacent to an activating group) is 1. The summed E-state index contributed by atoms with van der Waals surface area (Å²) in [6, 6.07) is -0.0475. The smallest absolute Gasteiger partial charge is 0.401 e. The van der Waals surface area contributed by atoms with E-state index in [2.05, 4.69) is 5.32 Å². The highest BCUT2D eigenvalue weighted by molar-refractivity contribution is 5.80. The Balaban J connectivity index is 4.80. The molecule has 4 nitrogen and oxygen atoms in total. The van der Waals surface area contributed by atoms with Crippen LogP contribution in [-0.2, 0) is 9.53 Å². The lowest BCUT2D eigenvalue weighted by molar-refractivity contribution is -0.158. The summed E-state index contributed by atoms with van der Waals surface area (Å²) in [6.07, 6.45) is -4.29. The van der Waals surface area contributed by atoms with Gasteiger partial charge in [0.2, 0.25) is 0 Å². The van der Waals surface area contributed by atoms with Gasteiger partial charge in [-0.1, -0.05) is 0 Å². The number of alkyl halides is 3. The minimum absolute atomic E-state index is 0.0475. The molecule has 0 rings (SSSR count). The quantitative estimate of drug-likeness (QED) is 0.724. The molecule has 0 aromatic rings. The Hall–Kier alpha value is -0.820. The van der Waals surface area contributed by atoms with E-state index in [0.717, 1.165) is 4.90 Å². The molecule has 0 saturated heterocycles. The van der Waals surface area contributed by atoms with Crippen molar-refractivity contribution in [2.24, 2.45) is 0 Å². The molecule has 0 amide bonds. The van der Waals surface area contributed by atoms with Gasteiger partial charge in [-0.05, 0) is 34.7 Å². The van der Waals surface area contributed by atoms with Crippen LogP contribution in [0.25, 0.3) is 0 Å². The molecule has 19 heavy (non-hydrogen) atoms. The van der Waals surface area contributed by atoms with E-state index < -0.39 is 24.2 Å². The molecule has 1 unspecified atom stereocenters. The van der Waals surface area contributed by atoms with Crippen LogP contribution < -0.4 is 5.32 Å². The Morgan fingerprint density at radius 1 is 1.32 bits per heavy atom. The zero-order valence-corrected chi connectivity index (χ0v) is 12.1. The van der Waals surface area contributed by atoms with Crippen LogP contribution in [-0.4, -0.2) is 55.4 Å². The summed E-state index contributed by atoms with van der Waals surface area (Å²) >= 11 is 0. The molecule has 0 saturated carbocycles. The summed E-state index contributed by atoms with van der Waals surface area (Å²) < 4.78 is 41.9. The van der Waals surface area contributed by atoms with Crippen molar-refractivity contribution in [1.29, 1.82) is 0 Å². The summed E-state index contributed by atoms with van der Waals surface area (Å²) in [5.74, 6) is -0.544. The zero-order valence-electron chi connectivity index (χ0n) is 12.1. The SMILES string of the molecule is CCOC(=O)C(C)(CN(C)CC(F)(F)F)NC(C)C. The predicted octanol–water partition coefficient (Wildman–Crippen LogP) is 1.80. The number of nitrogens with one attached hydrogen (secondary N) is 1. The molecule has 7 heteroatoms. The van der Waals surface area contributed by atoms with Crippen LogP contribution in [0.15, 0.2) is 0 Å². The normalized spacial score (nSPS) is 15.7. The second kappa shape index (κ2) is 7.09. The molecule has 1 atom stereocenters. The third-order valence-electron chi connectivity index (χ3n) is 2.37. The number of esters is 1. The lowest BCUT2D eigenvalue weighted by Crippen LogP contribution is -2.59. The predicted molar refractivity (Wildman–Crippen MR) is 66.9 cm³/mol. The zero-order chi connectivity index (χ0) is 15.3. The fraction of sp³-hybridized carbons (Fsp3) is 0.917. The largest absolute Gasteiger partial charge is 0.465 e. The maximum Gasteiger partial charge on any atom is 0.401 e. The fourth-order valence-electron chi connectivity index (χ4n) is 2.00. The molecular weight excluding hydrogens is 261 g/mol. The highest BCUT2D eigenvalue weighted by Gasteiger charge is 2.39. The summed E-state index contributed by atoms with van der Waals surface area (Å²) in [4.78, 5) is 13.0. The highest BCUT2D eigenvalue weighted by atomic mass is 19.4. The fourth-order valence-corrected chi connectivity index (χ4v) is 2.00. The Labute approximate surface area is 112 Å². The first-order valence-electron chi connectivity index (χ1n) is 6.20. The summed E-state index contributed by atoms with van der Waals surface area (Å²) in [5.41, 5.74) is -1.16. The van der Waals surface area contributed by atoms with E-state index in [1.165, 1.54) is 7.05 Å². The van der Waals surface area contributed by atoms with Crippen molar-refractivity contribution in [1.82, 2.24) is 10.2 Å². The molecule has 0 radical (unpaired) electrons. The van der Waals surface area contributed by atoms with Crippen molar-refractivity contribution < 1.29 is 22.7 Å². The van der Waals surface area contributed by atoms with E-state index in [9.17, 15) is 18.0 Å². The Morgan fingerprint density at radius 3 is 2.21 bits per heavy atom. The van der Waals surface area contributed by atoms with Crippen molar-refractivity contribution >= 4 is 5.97 Å². The number of rotatable bonds is 7. The first kappa shape index (κ1) is 18.2. The van der Waals surface area contributed by atoms with Crippen molar-refractivity contribution in [3.8, 4) is 0 Å². The van der Waals surface area contributed by atoms with Crippen LogP contribution in [0.5, 0.6) is 0 Å². The third-order valence-corrected chi connectivity index (χ3v) is 2.37. The van der Waals surface area contributed by atoms with Gasteiger partial charge < -0.3 is 4.74 Å². The van der Waals surface area contributed by atoms with Gasteiger partial charge in [0.15, 0.2) is 0 Å². The van der Waals surface area contributed by atoms with Crippen molar-refractivity contribution in [3.05, 3.63) is 0 Å². The third kappa shape index (κ3) is 7.37. The topological polar surface area (TPSA) is 41.6 Å². The summed E-state index contributed by atoms with van der Waals surface area (Å²) in [5, 5.41) is 2.97. The van der Waals surface area contributed by atoms with Gasteiger partial charge in [-0.2, -0.15) is 13.2 Å². The van der Waals surface area contributed by atoms with E-state index in [1.54, 1.807) is 13.8 Å². The lowest BCUT2D eigenvalue weighted by Gasteiger charge is -2.34. The van der Waals surface area contributed by atoms with Crippen LogP contribution in [0.3, 0.4) is 0 Å². The van der Waals surface area contributed by atoms with Crippen molar-refractivity contribution in [3.63, 3.8) is 0 Å². The second-order valence-corrected chi connectivity index (χ2v) is 5.14. The second-order valence-electron chi connectivity index (χ2n) is 5.14. The molecule has 0 aromatic heterocycles. The minimum atomic E-state index is -4.29. The Kier molecular flexibility index (Phi) is 6.79. The molecule has 114 valence electrons. The van der Waals surface area contributed by atoms with Crippen LogP contribution >= 0.6 is 0 Å². The molecule has 0 aliphatic rings. The molecule has 0 spiro atoms. The van der Waals surface area contributed by atoms with Crippen LogP contribution in [0.1, 0.15) is 27.7 Å². The van der Waals surface area contributed by atoms with Crippen molar-refractivity contribution in [2.75, 3.05) is 26.7 Å². The maximum absolute atomic E-state index is 12.3. The lowest BCUT2D eigenvalue weighted by atomic mass is 10.0. The first-order chi connectivity index (χ1) is 8.50. The number of halogens is 3. The number of hydrogen-bond acceptors (Lipinski definition) is 4. The standard InChI is InChI=1S/C12H23F3N2O2/c1-6-19-10(18)11(4,16-9(2)3)7-17(5)8-12(13,14)15/h9,16H,6-8H2,1-5H3. The van der Waals surface area contributed by atoms with Gasteiger partial charge in [-0.25, -0.2) is 0 Å². The van der Waals surface area contributed by atoms with Gasteiger partial charge in [0, 0.05) is 12.6 Å². The number of nitrogens with zero attached hydrogens (tertiary/aromatic N) is 1. The van der Waals surface area contributed by atoms with E-state index in [-0.39, 0.29) is 19.2 Å². The number of ether oxygens (including phenoxy) is 1. The average molecular weight is 284 g/mol. The van der Waals surface area contributed by atoms with Crippen molar-refractivity contribution in [2.45, 2.75) is 45.5 Å². The van der Waals surface area contributed by atoms with Gasteiger partial charge in [-0.3, -0.25) is 15.0 Å². The van der Waals surface area contributed by atoms with Crippen LogP contribution in [0.4, 0.5) is 13.2 Å². The van der Waals surface area contributed by atoms with Gasteiger partial charge in [0.1, 0.15) is 5.54 Å². The van der Waals surface area contributed by atoms with E-state index in [1.807, 2.05) is 13.8 Å². The molecule has 0 heterocycles. The van der Waals surface area contributed by atoms with Gasteiger partial charge in [0.05, 0.1) is 13.2 Å². The first-order valence-corrected chi connectivity index (χ1v) is 6.20. The molecule has 0 aromatic carbocycles. The Morgan fingerprint density at radius 2 is 1.84 bits per heavy atom. The maximum atomic E-state index is 12.3. The molecule has 0 bridgehead atoms. The molecule has 0 aliphatic carbocycles. The van der Waals surface area contributed by atoms with Crippen LogP contribution in [0, 0.1) is 0 Å². The Bertz CT molecular complexity index is 295. The minimum Gasteiger partial charge on any atom is -0.465 e. The number of carbonyl (C=O) groups excluding carboxylic acids is 1. The van der Waals surface area contributed by atoms with E-state index >= 15 is 0 Å². The van der Waals surface area contributed by atoms with Gasteiger partial charge >= 0.3 is 12.1 Å². The highest BCUT2D eigenvalue weighted by Crippen LogP contribution is 2.18. The van der Waals surface area contributed by atoms with Crippen LogP contribution in [0.2, 0.25) is 0 Å². The number of carbonyl (C=O) groups is 1. The molecule has 0 aliphatic heterocycles. The van der Waals surface area contributed by atoms with Gasteiger partial charge in [0.25, 0.3) is 0 Å². The van der Waals surface area contributed by atoms with Gasteiger partial charge in [-0.15, -0.1) is 0 Å². The molecule has 1 N–H and O–H groups in total. The molecule has 0 fully saturated rings. The average Bonchev–Trinajstić information content (AvgIpc) is 2.12. The molecular formula is C12H23F3N2O2. The monoisotopic (exact) mass is 284 g/mol. The summed E-state index contributed by atoms with van der Waals surface area (Å²) in [6.45, 7) is 5.90.